The molecular weight excluding hydrogens is 350 g/mol. The van der Waals surface area contributed by atoms with Gasteiger partial charge in [-0.2, -0.15) is 0 Å². The van der Waals surface area contributed by atoms with Crippen LogP contribution in [0.5, 0.6) is 0 Å². The van der Waals surface area contributed by atoms with Crippen LogP contribution < -0.4 is 5.32 Å². The summed E-state index contributed by atoms with van der Waals surface area (Å²) in [6.07, 6.45) is 0. The van der Waals surface area contributed by atoms with Gasteiger partial charge in [0, 0.05) is 16.4 Å². The minimum Gasteiger partial charge on any atom is -0.355 e. The maximum Gasteiger partial charge on any atom is 0.0742 e. The van der Waals surface area contributed by atoms with Gasteiger partial charge in [-0.1, -0.05) is 90.5 Å². The van der Waals surface area contributed by atoms with Crippen LogP contribution in [-0.2, 0) is 5.41 Å². The number of halogens is 1. The normalized spacial score (nSPS) is 14.0. The molecular formula is C25H18ClN. The Balaban J connectivity index is 1.98. The highest BCUT2D eigenvalue weighted by atomic mass is 35.5. The molecule has 2 heteroatoms. The summed E-state index contributed by atoms with van der Waals surface area (Å²) in [6.45, 7) is 0. The molecule has 0 aromatic heterocycles. The summed E-state index contributed by atoms with van der Waals surface area (Å²) in [7, 11) is 0. The first-order valence-electron chi connectivity index (χ1n) is 9.08. The van der Waals surface area contributed by atoms with Crippen LogP contribution in [0.3, 0.4) is 0 Å². The van der Waals surface area contributed by atoms with Gasteiger partial charge in [-0.25, -0.2) is 0 Å². The number of hydrogen-bond acceptors (Lipinski definition) is 1. The molecule has 1 N–H and O–H groups in total. The molecule has 0 saturated carbocycles. The number of rotatable bonds is 2. The van der Waals surface area contributed by atoms with Crippen LogP contribution in [0.15, 0.2) is 103 Å². The van der Waals surface area contributed by atoms with Gasteiger partial charge < -0.3 is 5.32 Å². The van der Waals surface area contributed by atoms with E-state index in [0.29, 0.717) is 0 Å². The number of fused-ring (bicyclic) bond motifs is 2. The molecule has 0 saturated heterocycles. The molecule has 5 rings (SSSR count). The van der Waals surface area contributed by atoms with Crippen molar-refractivity contribution in [1.29, 1.82) is 0 Å². The lowest BCUT2D eigenvalue weighted by Crippen LogP contribution is -2.35. The van der Waals surface area contributed by atoms with Crippen molar-refractivity contribution in [2.45, 2.75) is 5.41 Å². The highest BCUT2D eigenvalue weighted by molar-refractivity contribution is 6.30. The Kier molecular flexibility index (Phi) is 3.77. The average Bonchev–Trinajstić information content (AvgIpc) is 2.73. The van der Waals surface area contributed by atoms with Gasteiger partial charge in [0.05, 0.1) is 5.41 Å². The molecule has 0 radical (unpaired) electrons. The first kappa shape index (κ1) is 16.2. The molecule has 0 aliphatic carbocycles. The molecule has 0 fully saturated rings. The van der Waals surface area contributed by atoms with Crippen molar-refractivity contribution in [3.05, 3.63) is 130 Å². The minimum absolute atomic E-state index is 0.426. The van der Waals surface area contributed by atoms with Crippen LogP contribution in [-0.4, -0.2) is 0 Å². The molecule has 1 nitrogen and oxygen atoms in total. The fourth-order valence-corrected chi connectivity index (χ4v) is 4.48. The van der Waals surface area contributed by atoms with Gasteiger partial charge in [0.15, 0.2) is 0 Å². The Labute approximate surface area is 164 Å². The van der Waals surface area contributed by atoms with Crippen molar-refractivity contribution in [2.24, 2.45) is 0 Å². The van der Waals surface area contributed by atoms with E-state index in [2.05, 4.69) is 102 Å². The molecule has 1 aliphatic rings. The van der Waals surface area contributed by atoms with Crippen LogP contribution in [0.25, 0.3) is 0 Å². The second kappa shape index (κ2) is 6.29. The largest absolute Gasteiger partial charge is 0.355 e. The molecule has 1 aliphatic heterocycles. The van der Waals surface area contributed by atoms with Gasteiger partial charge in [0.25, 0.3) is 0 Å². The van der Waals surface area contributed by atoms with Gasteiger partial charge in [-0.3, -0.25) is 0 Å². The summed E-state index contributed by atoms with van der Waals surface area (Å²) in [5.74, 6) is 0. The fraction of sp³-hybridized carbons (Fsp3) is 0.0400. The summed E-state index contributed by atoms with van der Waals surface area (Å²) >= 11 is 6.48. The molecule has 0 spiro atoms. The molecule has 1 heterocycles. The Morgan fingerprint density at radius 3 is 1.78 bits per heavy atom. The number of nitrogens with one attached hydrogen (secondary N) is 1. The topological polar surface area (TPSA) is 12.0 Å². The van der Waals surface area contributed by atoms with Crippen molar-refractivity contribution in [3.63, 3.8) is 0 Å². The van der Waals surface area contributed by atoms with Crippen molar-refractivity contribution in [2.75, 3.05) is 5.32 Å². The van der Waals surface area contributed by atoms with E-state index in [-0.39, 0.29) is 0 Å². The van der Waals surface area contributed by atoms with E-state index in [9.17, 15) is 0 Å². The first-order chi connectivity index (χ1) is 13.3. The van der Waals surface area contributed by atoms with E-state index in [1.54, 1.807) is 0 Å². The maximum absolute atomic E-state index is 6.48. The molecule has 4 aromatic rings. The van der Waals surface area contributed by atoms with E-state index in [1.807, 2.05) is 6.07 Å². The minimum atomic E-state index is -0.426. The zero-order valence-electron chi connectivity index (χ0n) is 14.7. The number of hydrogen-bond donors (Lipinski definition) is 1. The van der Waals surface area contributed by atoms with Crippen molar-refractivity contribution < 1.29 is 0 Å². The zero-order valence-corrected chi connectivity index (χ0v) is 15.4. The standard InChI is InChI=1S/C25H18ClN/c26-20-15-16-24-22(17-20)25(18-9-3-1-4-10-18,19-11-5-2-6-12-19)21-13-7-8-14-23(21)27-24/h1-17,27H. The number of para-hydroxylation sites is 1. The van der Waals surface area contributed by atoms with Crippen molar-refractivity contribution >= 4 is 23.0 Å². The summed E-state index contributed by atoms with van der Waals surface area (Å²) in [4.78, 5) is 0. The lowest BCUT2D eigenvalue weighted by molar-refractivity contribution is 0.740. The maximum atomic E-state index is 6.48. The Morgan fingerprint density at radius 1 is 0.556 bits per heavy atom. The summed E-state index contributed by atoms with van der Waals surface area (Å²) < 4.78 is 0. The van der Waals surface area contributed by atoms with E-state index in [0.717, 1.165) is 16.4 Å². The summed E-state index contributed by atoms with van der Waals surface area (Å²) in [5, 5.41) is 4.35. The molecule has 0 amide bonds. The van der Waals surface area contributed by atoms with Crippen LogP contribution in [0.2, 0.25) is 5.02 Å². The fourth-order valence-electron chi connectivity index (χ4n) is 4.31. The predicted molar refractivity (Wildman–Crippen MR) is 113 cm³/mol. The summed E-state index contributed by atoms with van der Waals surface area (Å²) in [5.41, 5.74) is 6.65. The van der Waals surface area contributed by atoms with Gasteiger partial charge >= 0.3 is 0 Å². The van der Waals surface area contributed by atoms with Crippen LogP contribution in [0.4, 0.5) is 11.4 Å². The van der Waals surface area contributed by atoms with Gasteiger partial charge in [0.2, 0.25) is 0 Å². The SMILES string of the molecule is Clc1ccc2c(c1)C(c1ccccc1)(c1ccccc1)c1ccccc1N2. The second-order valence-electron chi connectivity index (χ2n) is 6.84. The monoisotopic (exact) mass is 367 g/mol. The third-order valence-electron chi connectivity index (χ3n) is 5.40. The smallest absolute Gasteiger partial charge is 0.0742 e. The van der Waals surface area contributed by atoms with Gasteiger partial charge in [-0.05, 0) is 46.5 Å². The number of anilines is 2. The lowest BCUT2D eigenvalue weighted by atomic mass is 9.63. The Bertz CT molecular complexity index is 1060. The van der Waals surface area contributed by atoms with Crippen LogP contribution >= 0.6 is 11.6 Å². The molecule has 130 valence electrons. The highest BCUT2D eigenvalue weighted by Gasteiger charge is 2.43. The first-order valence-corrected chi connectivity index (χ1v) is 9.45. The third-order valence-corrected chi connectivity index (χ3v) is 5.63. The lowest BCUT2D eigenvalue weighted by Gasteiger charge is -2.42. The van der Waals surface area contributed by atoms with E-state index in [1.165, 1.54) is 22.3 Å². The molecule has 0 bridgehead atoms. The summed E-state index contributed by atoms with van der Waals surface area (Å²) in [6, 6.07) is 36.1. The molecule has 4 aromatic carbocycles. The zero-order chi connectivity index (χ0) is 18.3. The highest BCUT2D eigenvalue weighted by Crippen LogP contribution is 2.53. The van der Waals surface area contributed by atoms with E-state index < -0.39 is 5.41 Å². The van der Waals surface area contributed by atoms with Gasteiger partial charge in [0.1, 0.15) is 0 Å². The van der Waals surface area contributed by atoms with Crippen LogP contribution in [0.1, 0.15) is 22.3 Å². The van der Waals surface area contributed by atoms with Crippen molar-refractivity contribution in [3.8, 4) is 0 Å². The Morgan fingerprint density at radius 2 is 1.11 bits per heavy atom. The average molecular weight is 368 g/mol. The van der Waals surface area contributed by atoms with Crippen molar-refractivity contribution in [1.82, 2.24) is 0 Å². The Hall–Kier alpha value is -3.03. The molecule has 0 atom stereocenters. The van der Waals surface area contributed by atoms with Crippen LogP contribution in [0, 0.1) is 0 Å². The quantitative estimate of drug-likeness (QED) is 0.362. The van der Waals surface area contributed by atoms with Gasteiger partial charge in [-0.15, -0.1) is 0 Å². The predicted octanol–water partition coefficient (Wildman–Crippen LogP) is 6.78. The van der Waals surface area contributed by atoms with E-state index in [4.69, 9.17) is 11.6 Å². The molecule has 0 unspecified atom stereocenters. The molecule has 27 heavy (non-hydrogen) atoms. The third kappa shape index (κ3) is 2.39. The van der Waals surface area contributed by atoms with E-state index >= 15 is 0 Å². The second-order valence-corrected chi connectivity index (χ2v) is 7.28. The number of benzene rings is 4.